The van der Waals surface area contributed by atoms with Crippen LogP contribution in [0.2, 0.25) is 0 Å². The summed E-state index contributed by atoms with van der Waals surface area (Å²) in [7, 11) is 0. The summed E-state index contributed by atoms with van der Waals surface area (Å²) in [4.78, 5) is 12.1. The Bertz CT molecular complexity index is 530. The molecule has 2 rings (SSSR count). The number of hydrogen-bond acceptors (Lipinski definition) is 1. The second kappa shape index (κ2) is 6.38. The van der Waals surface area contributed by atoms with Gasteiger partial charge in [-0.05, 0) is 49.9 Å². The fourth-order valence-electron chi connectivity index (χ4n) is 2.69. The van der Waals surface area contributed by atoms with E-state index in [2.05, 4.69) is 21.2 Å². The van der Waals surface area contributed by atoms with E-state index in [4.69, 9.17) is 0 Å². The molecule has 1 aromatic rings. The van der Waals surface area contributed by atoms with Gasteiger partial charge in [-0.25, -0.2) is 0 Å². The van der Waals surface area contributed by atoms with Crippen molar-refractivity contribution in [2.24, 2.45) is 11.8 Å². The molecule has 1 aromatic carbocycles. The first kappa shape index (κ1) is 16.3. The Hall–Kier alpha value is -1.04. The van der Waals surface area contributed by atoms with Crippen LogP contribution in [0.5, 0.6) is 0 Å². The number of amides is 1. The minimum absolute atomic E-state index is 0.106. The highest BCUT2D eigenvalue weighted by molar-refractivity contribution is 9.10. The molecule has 1 aliphatic carbocycles. The van der Waals surface area contributed by atoms with Crippen molar-refractivity contribution in [3.05, 3.63) is 28.2 Å². The highest BCUT2D eigenvalue weighted by atomic mass is 79.9. The van der Waals surface area contributed by atoms with Crippen LogP contribution in [-0.2, 0) is 4.79 Å². The average molecular weight is 364 g/mol. The van der Waals surface area contributed by atoms with Crippen LogP contribution < -0.4 is 5.32 Å². The van der Waals surface area contributed by atoms with Gasteiger partial charge in [-0.2, -0.15) is 13.2 Å². The molecule has 0 bridgehead atoms. The van der Waals surface area contributed by atoms with Gasteiger partial charge in [0.25, 0.3) is 0 Å². The van der Waals surface area contributed by atoms with Crippen molar-refractivity contribution in [1.29, 1.82) is 0 Å². The first-order valence-corrected chi connectivity index (χ1v) is 7.70. The third kappa shape index (κ3) is 4.22. The molecular formula is C15H17BrF3NO. The van der Waals surface area contributed by atoms with E-state index in [1.165, 1.54) is 0 Å². The van der Waals surface area contributed by atoms with E-state index >= 15 is 0 Å². The summed E-state index contributed by atoms with van der Waals surface area (Å²) in [5.74, 6) is -2.23. The number of anilines is 1. The molecule has 1 N–H and O–H groups in total. The maximum absolute atomic E-state index is 12.8. The lowest BCUT2D eigenvalue weighted by atomic mass is 9.80. The molecule has 21 heavy (non-hydrogen) atoms. The maximum Gasteiger partial charge on any atom is 0.391 e. The Morgan fingerprint density at radius 2 is 2.05 bits per heavy atom. The first-order valence-electron chi connectivity index (χ1n) is 6.91. The fourth-order valence-corrected chi connectivity index (χ4v) is 2.94. The van der Waals surface area contributed by atoms with Crippen molar-refractivity contribution in [3.63, 3.8) is 0 Å². The number of benzene rings is 1. The van der Waals surface area contributed by atoms with Gasteiger partial charge in [0.2, 0.25) is 5.91 Å². The number of hydrogen-bond donors (Lipinski definition) is 1. The van der Waals surface area contributed by atoms with Gasteiger partial charge in [0.05, 0.1) is 5.92 Å². The molecule has 0 radical (unpaired) electrons. The molecular weight excluding hydrogens is 347 g/mol. The summed E-state index contributed by atoms with van der Waals surface area (Å²) in [6.07, 6.45) is -3.21. The molecule has 1 fully saturated rings. The topological polar surface area (TPSA) is 29.1 Å². The molecule has 0 heterocycles. The average Bonchev–Trinajstić information content (AvgIpc) is 2.42. The minimum atomic E-state index is -4.20. The summed E-state index contributed by atoms with van der Waals surface area (Å²) in [6.45, 7) is 1.89. The van der Waals surface area contributed by atoms with Crippen molar-refractivity contribution in [3.8, 4) is 0 Å². The zero-order valence-electron chi connectivity index (χ0n) is 11.6. The van der Waals surface area contributed by atoms with Crippen molar-refractivity contribution in [2.75, 3.05) is 5.32 Å². The Kier molecular flexibility index (Phi) is 4.96. The van der Waals surface area contributed by atoms with Crippen LogP contribution >= 0.6 is 15.9 Å². The van der Waals surface area contributed by atoms with Gasteiger partial charge < -0.3 is 5.32 Å². The van der Waals surface area contributed by atoms with Crippen LogP contribution in [0.4, 0.5) is 18.9 Å². The molecule has 2 atom stereocenters. The van der Waals surface area contributed by atoms with Gasteiger partial charge >= 0.3 is 6.18 Å². The molecule has 2 unspecified atom stereocenters. The van der Waals surface area contributed by atoms with E-state index in [-0.39, 0.29) is 18.7 Å². The van der Waals surface area contributed by atoms with E-state index in [0.29, 0.717) is 18.5 Å². The van der Waals surface area contributed by atoms with Gasteiger partial charge in [-0.1, -0.05) is 22.4 Å². The molecule has 1 amide bonds. The maximum atomic E-state index is 12.8. The number of aryl methyl sites for hydroxylation is 1. The highest BCUT2D eigenvalue weighted by Crippen LogP contribution is 2.40. The Balaban J connectivity index is 2.01. The zero-order chi connectivity index (χ0) is 15.6. The van der Waals surface area contributed by atoms with Crippen molar-refractivity contribution >= 4 is 27.5 Å². The van der Waals surface area contributed by atoms with Crippen molar-refractivity contribution in [1.82, 2.24) is 0 Å². The fraction of sp³-hybridized carbons (Fsp3) is 0.533. The third-order valence-electron chi connectivity index (χ3n) is 3.93. The monoisotopic (exact) mass is 363 g/mol. The van der Waals surface area contributed by atoms with E-state index in [1.54, 1.807) is 12.1 Å². The Morgan fingerprint density at radius 3 is 2.67 bits per heavy atom. The summed E-state index contributed by atoms with van der Waals surface area (Å²) >= 11 is 3.36. The Labute approximate surface area is 130 Å². The number of nitrogens with one attached hydrogen (secondary N) is 1. The molecule has 116 valence electrons. The van der Waals surface area contributed by atoms with E-state index < -0.39 is 18.0 Å². The lowest BCUT2D eigenvalue weighted by molar-refractivity contribution is -0.185. The van der Waals surface area contributed by atoms with E-state index in [9.17, 15) is 18.0 Å². The molecule has 2 nitrogen and oxygen atoms in total. The summed E-state index contributed by atoms with van der Waals surface area (Å²) < 4.78 is 39.2. The van der Waals surface area contributed by atoms with Crippen LogP contribution in [0.25, 0.3) is 0 Å². The molecule has 6 heteroatoms. The van der Waals surface area contributed by atoms with Crippen molar-refractivity contribution < 1.29 is 18.0 Å². The predicted octanol–water partition coefficient (Wildman–Crippen LogP) is 5.06. The van der Waals surface area contributed by atoms with Gasteiger partial charge in [0, 0.05) is 16.1 Å². The summed E-state index contributed by atoms with van der Waals surface area (Å²) in [5, 5.41) is 2.72. The number of carbonyl (C=O) groups is 1. The van der Waals surface area contributed by atoms with Gasteiger partial charge in [0.15, 0.2) is 0 Å². The number of carbonyl (C=O) groups excluding carboxylic acids is 1. The Morgan fingerprint density at radius 1 is 1.33 bits per heavy atom. The standard InChI is InChI=1S/C15H17BrF3NO/c1-9-7-12(5-6-13(9)16)20-14(21)10-3-2-4-11(8-10)15(17,18)19/h5-7,10-11H,2-4,8H2,1H3,(H,20,21). The second-order valence-corrected chi connectivity index (χ2v) is 6.41. The molecule has 0 saturated heterocycles. The first-order chi connectivity index (χ1) is 9.77. The summed E-state index contributed by atoms with van der Waals surface area (Å²) in [5.41, 5.74) is 1.58. The van der Waals surface area contributed by atoms with Crippen LogP contribution in [-0.4, -0.2) is 12.1 Å². The van der Waals surface area contributed by atoms with Crippen LogP contribution in [0, 0.1) is 18.8 Å². The molecule has 0 aliphatic heterocycles. The second-order valence-electron chi connectivity index (χ2n) is 5.56. The van der Waals surface area contributed by atoms with E-state index in [1.807, 2.05) is 13.0 Å². The highest BCUT2D eigenvalue weighted by Gasteiger charge is 2.43. The smallest absolute Gasteiger partial charge is 0.326 e. The van der Waals surface area contributed by atoms with Crippen molar-refractivity contribution in [2.45, 2.75) is 38.8 Å². The predicted molar refractivity (Wildman–Crippen MR) is 79.0 cm³/mol. The lowest BCUT2D eigenvalue weighted by Gasteiger charge is -2.29. The van der Waals surface area contributed by atoms with Gasteiger partial charge in [0.1, 0.15) is 0 Å². The number of halogens is 4. The third-order valence-corrected chi connectivity index (χ3v) is 4.82. The molecule has 1 saturated carbocycles. The van der Waals surface area contributed by atoms with Gasteiger partial charge in [-0.3, -0.25) is 4.79 Å². The van der Waals surface area contributed by atoms with Gasteiger partial charge in [-0.15, -0.1) is 0 Å². The summed E-state index contributed by atoms with van der Waals surface area (Å²) in [6, 6.07) is 5.34. The molecule has 0 spiro atoms. The zero-order valence-corrected chi connectivity index (χ0v) is 13.2. The van der Waals surface area contributed by atoms with Crippen LogP contribution in [0.3, 0.4) is 0 Å². The number of rotatable bonds is 2. The van der Waals surface area contributed by atoms with Crippen LogP contribution in [0.15, 0.2) is 22.7 Å². The largest absolute Gasteiger partial charge is 0.391 e. The normalized spacial score (nSPS) is 22.9. The van der Waals surface area contributed by atoms with E-state index in [0.717, 1.165) is 10.0 Å². The molecule has 0 aromatic heterocycles. The van der Waals surface area contributed by atoms with Crippen LogP contribution in [0.1, 0.15) is 31.2 Å². The quantitative estimate of drug-likeness (QED) is 0.781. The minimum Gasteiger partial charge on any atom is -0.326 e. The number of alkyl halides is 3. The lowest BCUT2D eigenvalue weighted by Crippen LogP contribution is -2.34. The molecule has 1 aliphatic rings. The SMILES string of the molecule is Cc1cc(NC(=O)C2CCCC(C(F)(F)F)C2)ccc1Br.